The van der Waals surface area contributed by atoms with Crippen LogP contribution in [-0.4, -0.2) is 155 Å². The highest BCUT2D eigenvalue weighted by Gasteiger charge is 2.43. The van der Waals surface area contributed by atoms with Crippen LogP contribution in [0.4, 0.5) is 0 Å². The molecule has 318 valence electrons. The number of carbonyl (C=O) groups is 8. The number of carbonyl (C=O) groups excluding carboxylic acids is 7. The fraction of sp³-hybridized carbons (Fsp3) is 0.512. The van der Waals surface area contributed by atoms with Crippen molar-refractivity contribution in [1.82, 2.24) is 41.3 Å². The maximum absolute atomic E-state index is 13.8. The summed E-state index contributed by atoms with van der Waals surface area (Å²) in [6, 6.07) is 10.9. The second-order valence-corrected chi connectivity index (χ2v) is 15.0. The Kier molecular flexibility index (Phi) is 15.9. The molecular formula is C41H54N8O10. The quantitative estimate of drug-likeness (QED) is 0.0895. The molecule has 5 rings (SSSR count). The first-order valence-electron chi connectivity index (χ1n) is 20.1. The molecular weight excluding hydrogens is 764 g/mol. The number of benzene rings is 2. The number of nitrogens with zero attached hydrogens (tertiary/aromatic N) is 3. The minimum absolute atomic E-state index is 0.0134. The van der Waals surface area contributed by atoms with E-state index in [4.69, 9.17) is 0 Å². The molecule has 3 aliphatic heterocycles. The minimum atomic E-state index is -1.50. The van der Waals surface area contributed by atoms with Crippen LogP contribution in [0.5, 0.6) is 0 Å². The van der Waals surface area contributed by atoms with Crippen molar-refractivity contribution >= 4 is 47.3 Å². The molecule has 2 aromatic rings. The van der Waals surface area contributed by atoms with E-state index in [1.165, 1.54) is 14.7 Å². The summed E-state index contributed by atoms with van der Waals surface area (Å²) in [5, 5.41) is 33.1. The Balaban J connectivity index is 1.19. The van der Waals surface area contributed by atoms with Crippen LogP contribution in [0.2, 0.25) is 0 Å². The SMILES string of the molecule is CNCC(=O)N1CCCC1C(=O)N1CCCC1C(=O)NCC(=O)NC(Cc1ccccc1)C(=O)NC(CO)C(=O)N1CCCC1C(=O)NC(Cc1ccccc1)C(=O)O. The van der Waals surface area contributed by atoms with Gasteiger partial charge in [0.1, 0.15) is 36.3 Å². The summed E-state index contributed by atoms with van der Waals surface area (Å²) in [6.45, 7) is -0.359. The third kappa shape index (κ3) is 11.6. The first kappa shape index (κ1) is 44.2. The molecule has 59 heavy (non-hydrogen) atoms. The van der Waals surface area contributed by atoms with Crippen LogP contribution in [0, 0.1) is 0 Å². The van der Waals surface area contributed by atoms with Crippen LogP contribution in [-0.2, 0) is 51.2 Å². The summed E-state index contributed by atoms with van der Waals surface area (Å²) in [7, 11) is 1.65. The van der Waals surface area contributed by atoms with E-state index in [0.29, 0.717) is 56.3 Å². The summed E-state index contributed by atoms with van der Waals surface area (Å²) < 4.78 is 0. The lowest BCUT2D eigenvalue weighted by Crippen LogP contribution is -2.59. The van der Waals surface area contributed by atoms with Crippen molar-refractivity contribution in [2.75, 3.05) is 46.4 Å². The minimum Gasteiger partial charge on any atom is -0.480 e. The second-order valence-electron chi connectivity index (χ2n) is 15.0. The number of amides is 7. The molecule has 0 bridgehead atoms. The van der Waals surface area contributed by atoms with Gasteiger partial charge in [-0.3, -0.25) is 33.6 Å². The first-order chi connectivity index (χ1) is 28.4. The Bertz CT molecular complexity index is 1830. The number of nitrogens with one attached hydrogen (secondary N) is 5. The predicted molar refractivity (Wildman–Crippen MR) is 212 cm³/mol. The van der Waals surface area contributed by atoms with E-state index in [0.717, 1.165) is 0 Å². The molecule has 0 saturated carbocycles. The number of rotatable bonds is 18. The number of hydrogen-bond acceptors (Lipinski definition) is 10. The maximum atomic E-state index is 13.8. The lowest BCUT2D eigenvalue weighted by atomic mass is 10.0. The molecule has 7 amide bonds. The third-order valence-corrected chi connectivity index (χ3v) is 10.9. The van der Waals surface area contributed by atoms with Gasteiger partial charge in [-0.05, 0) is 56.7 Å². The van der Waals surface area contributed by atoms with Gasteiger partial charge in [0.25, 0.3) is 0 Å². The van der Waals surface area contributed by atoms with Gasteiger partial charge in [0.15, 0.2) is 0 Å². The Morgan fingerprint density at radius 1 is 0.644 bits per heavy atom. The molecule has 7 N–H and O–H groups in total. The molecule has 6 atom stereocenters. The smallest absolute Gasteiger partial charge is 0.326 e. The fourth-order valence-corrected chi connectivity index (χ4v) is 7.94. The Morgan fingerprint density at radius 3 is 1.76 bits per heavy atom. The number of aliphatic hydroxyl groups excluding tert-OH is 1. The summed E-state index contributed by atoms with van der Waals surface area (Å²) in [5.74, 6) is -5.27. The highest BCUT2D eigenvalue weighted by atomic mass is 16.4. The van der Waals surface area contributed by atoms with Gasteiger partial charge >= 0.3 is 5.97 Å². The summed E-state index contributed by atoms with van der Waals surface area (Å²) in [5.41, 5.74) is 1.36. The maximum Gasteiger partial charge on any atom is 0.326 e. The molecule has 3 fully saturated rings. The number of aliphatic carboxylic acids is 1. The highest BCUT2D eigenvalue weighted by Crippen LogP contribution is 2.25. The zero-order chi connectivity index (χ0) is 42.5. The Hall–Kier alpha value is -5.88. The first-order valence-corrected chi connectivity index (χ1v) is 20.1. The van der Waals surface area contributed by atoms with E-state index in [-0.39, 0.29) is 44.2 Å². The van der Waals surface area contributed by atoms with Gasteiger partial charge in [-0.1, -0.05) is 60.7 Å². The standard InChI is InChI=1S/C41H54N8O10/c1-42-24-35(52)47-18-10-17-33(47)40(57)49-20-8-15-31(49)37(54)43-23-34(51)44-28(21-26-11-4-2-5-12-26)36(53)46-30(25-50)39(56)48-19-9-16-32(48)38(55)45-29(41(58)59)22-27-13-6-3-7-14-27/h2-7,11-14,28-33,42,50H,8-10,15-25H2,1H3,(H,43,54)(H,44,51)(H,45,55)(H,46,53)(H,58,59). The van der Waals surface area contributed by atoms with Gasteiger partial charge in [0.05, 0.1) is 19.7 Å². The molecule has 3 heterocycles. The van der Waals surface area contributed by atoms with E-state index in [2.05, 4.69) is 26.6 Å². The Labute approximate surface area is 342 Å². The topological polar surface area (TPSA) is 247 Å². The van der Waals surface area contributed by atoms with Crippen LogP contribution in [0.15, 0.2) is 60.7 Å². The predicted octanol–water partition coefficient (Wildman–Crippen LogP) is -1.69. The molecule has 18 heteroatoms. The summed E-state index contributed by atoms with van der Waals surface area (Å²) in [6.07, 6.45) is 2.77. The molecule has 3 aliphatic rings. The van der Waals surface area contributed by atoms with E-state index >= 15 is 0 Å². The van der Waals surface area contributed by atoms with Gasteiger partial charge in [-0.15, -0.1) is 0 Å². The van der Waals surface area contributed by atoms with Gasteiger partial charge in [-0.2, -0.15) is 0 Å². The number of likely N-dealkylation sites (N-methyl/N-ethyl adjacent to an activating group) is 1. The molecule has 0 spiro atoms. The van der Waals surface area contributed by atoms with Crippen LogP contribution >= 0.6 is 0 Å². The second kappa shape index (κ2) is 21.2. The van der Waals surface area contributed by atoms with Crippen LogP contribution in [0.1, 0.15) is 49.7 Å². The summed E-state index contributed by atoms with van der Waals surface area (Å²) in [4.78, 5) is 110. The van der Waals surface area contributed by atoms with Crippen LogP contribution in [0.3, 0.4) is 0 Å². The van der Waals surface area contributed by atoms with Gasteiger partial charge in [0.2, 0.25) is 41.4 Å². The largest absolute Gasteiger partial charge is 0.480 e. The average Bonchev–Trinajstić information content (AvgIpc) is 4.04. The molecule has 0 radical (unpaired) electrons. The van der Waals surface area contributed by atoms with E-state index < -0.39 is 84.9 Å². The molecule has 2 aromatic carbocycles. The lowest BCUT2D eigenvalue weighted by Gasteiger charge is -2.31. The zero-order valence-electron chi connectivity index (χ0n) is 33.1. The molecule has 6 unspecified atom stereocenters. The monoisotopic (exact) mass is 818 g/mol. The number of aliphatic hydroxyl groups is 1. The van der Waals surface area contributed by atoms with Gasteiger partial charge < -0.3 is 51.5 Å². The number of likely N-dealkylation sites (tertiary alicyclic amines) is 3. The zero-order valence-corrected chi connectivity index (χ0v) is 33.1. The Morgan fingerprint density at radius 2 is 1.19 bits per heavy atom. The number of hydrogen-bond donors (Lipinski definition) is 7. The van der Waals surface area contributed by atoms with Crippen LogP contribution in [0.25, 0.3) is 0 Å². The molecule has 18 nitrogen and oxygen atoms in total. The lowest BCUT2D eigenvalue weighted by molar-refractivity contribution is -0.146. The molecule has 0 aliphatic carbocycles. The van der Waals surface area contributed by atoms with Crippen molar-refractivity contribution < 1.29 is 48.6 Å². The van der Waals surface area contributed by atoms with Crippen molar-refractivity contribution in [2.24, 2.45) is 0 Å². The van der Waals surface area contributed by atoms with Crippen LogP contribution < -0.4 is 26.6 Å². The normalized spacial score (nSPS) is 20.3. The van der Waals surface area contributed by atoms with E-state index in [1.807, 2.05) is 0 Å². The number of carboxylic acids is 1. The van der Waals surface area contributed by atoms with Crippen molar-refractivity contribution in [3.63, 3.8) is 0 Å². The molecule has 0 aromatic heterocycles. The van der Waals surface area contributed by atoms with Gasteiger partial charge in [0, 0.05) is 32.5 Å². The van der Waals surface area contributed by atoms with Gasteiger partial charge in [-0.25, -0.2) is 4.79 Å². The fourth-order valence-electron chi connectivity index (χ4n) is 7.94. The highest BCUT2D eigenvalue weighted by molar-refractivity contribution is 5.97. The van der Waals surface area contributed by atoms with Crippen molar-refractivity contribution in [2.45, 2.75) is 87.6 Å². The van der Waals surface area contributed by atoms with Crippen molar-refractivity contribution in [3.8, 4) is 0 Å². The molecule has 3 saturated heterocycles. The summed E-state index contributed by atoms with van der Waals surface area (Å²) >= 11 is 0. The van der Waals surface area contributed by atoms with E-state index in [9.17, 15) is 48.6 Å². The number of carboxylic acid groups (broad SMARTS) is 1. The van der Waals surface area contributed by atoms with E-state index in [1.54, 1.807) is 67.7 Å². The average molecular weight is 819 g/mol. The van der Waals surface area contributed by atoms with Crippen molar-refractivity contribution in [1.29, 1.82) is 0 Å². The van der Waals surface area contributed by atoms with Crippen molar-refractivity contribution in [3.05, 3.63) is 71.8 Å². The third-order valence-electron chi connectivity index (χ3n) is 10.9.